The number of nitrogens with zero attached hydrogens (tertiary/aromatic N) is 7. The molecule has 3 aromatic heterocycles. The summed E-state index contributed by atoms with van der Waals surface area (Å²) in [5.74, 6) is 0. The van der Waals surface area contributed by atoms with Gasteiger partial charge in [-0.2, -0.15) is 5.10 Å². The summed E-state index contributed by atoms with van der Waals surface area (Å²) in [6.07, 6.45) is 7.18. The van der Waals surface area contributed by atoms with E-state index in [1.54, 1.807) is 14.1 Å². The Morgan fingerprint density at radius 3 is 2.45 bits per heavy atom. The van der Waals surface area contributed by atoms with Crippen LogP contribution in [0.5, 0.6) is 0 Å². The molecule has 3 aliphatic carbocycles. The Morgan fingerprint density at radius 1 is 1.02 bits per heavy atom. The maximum absolute atomic E-state index is 14.6. The van der Waals surface area contributed by atoms with Crippen LogP contribution >= 0.6 is 0 Å². The SMILES string of the molecule is C[Si]c1cc(-c2cn(Cc3ccc4cc(CN(CC56CC(F)(C5)C6)C(=O)OC(C)(C)C)n(C(=O)OC(C)(C)C)c4c3)nn2)c2cnn(C3CCCCO3)c2c1. The van der Waals surface area contributed by atoms with E-state index in [1.165, 1.54) is 5.19 Å². The second kappa shape index (κ2) is 13.6. The van der Waals surface area contributed by atoms with Gasteiger partial charge in [-0.1, -0.05) is 35.1 Å². The normalized spacial score (nSPS) is 22.4. The van der Waals surface area contributed by atoms with Crippen LogP contribution in [0.2, 0.25) is 6.55 Å². The molecule has 4 fully saturated rings. The van der Waals surface area contributed by atoms with Crippen molar-refractivity contribution in [2.75, 3.05) is 13.2 Å². The fraction of sp³-hybridized carbons (Fsp3) is 0.537. The summed E-state index contributed by atoms with van der Waals surface area (Å²) in [5.41, 5.74) is 2.05. The molecule has 5 aromatic rings. The highest BCUT2D eigenvalue weighted by atomic mass is 28.2. The molecule has 3 saturated carbocycles. The van der Waals surface area contributed by atoms with E-state index in [9.17, 15) is 14.0 Å². The second-order valence-electron chi connectivity index (χ2n) is 17.8. The lowest BCUT2D eigenvalue weighted by molar-refractivity contribution is -0.220. The molecule has 12 nitrogen and oxygen atoms in total. The lowest BCUT2D eigenvalue weighted by Gasteiger charge is -2.66. The summed E-state index contributed by atoms with van der Waals surface area (Å²) >= 11 is 0. The first kappa shape index (κ1) is 37.4. The Kier molecular flexibility index (Phi) is 9.22. The lowest BCUT2D eigenvalue weighted by atomic mass is 9.42. The zero-order valence-electron chi connectivity index (χ0n) is 32.8. The second-order valence-corrected chi connectivity index (χ2v) is 18.9. The van der Waals surface area contributed by atoms with Crippen LogP contribution in [0.3, 0.4) is 0 Å². The maximum atomic E-state index is 14.6. The number of rotatable bonds is 9. The number of carbonyl (C=O) groups is 2. The first-order valence-corrected chi connectivity index (χ1v) is 20.7. The van der Waals surface area contributed by atoms with Crippen LogP contribution in [0, 0.1) is 5.41 Å². The first-order chi connectivity index (χ1) is 26.0. The van der Waals surface area contributed by atoms with E-state index in [1.807, 2.05) is 82.9 Å². The molecule has 9 rings (SSSR count). The van der Waals surface area contributed by atoms with E-state index in [-0.39, 0.29) is 18.2 Å². The van der Waals surface area contributed by atoms with E-state index in [0.29, 0.717) is 53.1 Å². The van der Waals surface area contributed by atoms with Crippen LogP contribution in [0.4, 0.5) is 14.0 Å². The third kappa shape index (κ3) is 7.54. The minimum absolute atomic E-state index is 0.0717. The van der Waals surface area contributed by atoms with Crippen molar-refractivity contribution in [3.05, 3.63) is 60.0 Å². The van der Waals surface area contributed by atoms with Crippen molar-refractivity contribution in [1.82, 2.24) is 34.2 Å². The van der Waals surface area contributed by atoms with Crippen molar-refractivity contribution in [3.8, 4) is 11.3 Å². The number of amides is 1. The molecular formula is C41H50FN7O5Si. The van der Waals surface area contributed by atoms with Gasteiger partial charge in [0.25, 0.3) is 0 Å². The average Bonchev–Trinajstić information content (AvgIpc) is 3.82. The fourth-order valence-corrected chi connectivity index (χ4v) is 9.09. The Labute approximate surface area is 323 Å². The molecule has 1 aliphatic heterocycles. The van der Waals surface area contributed by atoms with E-state index in [4.69, 9.17) is 19.3 Å². The topological polar surface area (TPSA) is 119 Å². The molecule has 4 aliphatic rings. The van der Waals surface area contributed by atoms with Gasteiger partial charge in [-0.25, -0.2) is 27.9 Å². The fourth-order valence-electron chi connectivity index (χ4n) is 8.52. The molecule has 0 spiro atoms. The predicted octanol–water partition coefficient (Wildman–Crippen LogP) is 7.79. The first-order valence-electron chi connectivity index (χ1n) is 19.2. The minimum Gasteiger partial charge on any atom is -0.444 e. The number of fused-ring (bicyclic) bond motifs is 2. The molecule has 2 bridgehead atoms. The molecule has 1 saturated heterocycles. The Bertz CT molecular complexity index is 2260. The molecule has 4 heterocycles. The van der Waals surface area contributed by atoms with E-state index >= 15 is 0 Å². The number of hydrogen-bond donors (Lipinski definition) is 0. The number of halogens is 1. The highest BCUT2D eigenvalue weighted by Crippen LogP contribution is 2.69. The highest BCUT2D eigenvalue weighted by molar-refractivity contribution is 6.52. The Balaban J connectivity index is 1.10. The quantitative estimate of drug-likeness (QED) is 0.140. The average molecular weight is 768 g/mol. The van der Waals surface area contributed by atoms with Gasteiger partial charge in [0.15, 0.2) is 6.23 Å². The van der Waals surface area contributed by atoms with Gasteiger partial charge in [-0.05, 0) is 109 Å². The van der Waals surface area contributed by atoms with Crippen LogP contribution in [0.15, 0.2) is 48.8 Å². The molecule has 2 aromatic carbocycles. The third-order valence-corrected chi connectivity index (χ3v) is 11.6. The molecule has 1 amide bonds. The summed E-state index contributed by atoms with van der Waals surface area (Å²) in [6, 6.07) is 12.2. The Hall–Kier alpha value is -4.56. The van der Waals surface area contributed by atoms with Gasteiger partial charge >= 0.3 is 12.2 Å². The van der Waals surface area contributed by atoms with Crippen LogP contribution < -0.4 is 5.19 Å². The molecule has 14 heteroatoms. The minimum atomic E-state index is -1.11. The van der Waals surface area contributed by atoms with E-state index in [0.717, 1.165) is 59.0 Å². The van der Waals surface area contributed by atoms with Gasteiger partial charge < -0.3 is 19.1 Å². The van der Waals surface area contributed by atoms with Crippen molar-refractivity contribution in [1.29, 1.82) is 0 Å². The van der Waals surface area contributed by atoms with Gasteiger partial charge in [-0.3, -0.25) is 0 Å². The predicted molar refractivity (Wildman–Crippen MR) is 208 cm³/mol. The van der Waals surface area contributed by atoms with E-state index in [2.05, 4.69) is 29.0 Å². The number of benzene rings is 2. The molecule has 2 radical (unpaired) electrons. The standard InChI is InChI=1S/C41H50FN7O5Si/c1-38(2,3)53-36(50)46(25-40-22-41(42,23-40)24-40)20-28-15-27-12-11-26(14-33(27)48(28)37(51)54-39(4,5)6)19-47-21-32(44-45-47)30-16-29(55-7)17-34-31(30)18-43-49(34)35-10-8-9-13-52-35/h11-12,14-18,21,35H,8-10,13,19-20,22-25H2,1-7H3. The summed E-state index contributed by atoms with van der Waals surface area (Å²) in [6.45, 7) is 14.7. The van der Waals surface area contributed by atoms with Crippen LogP contribution in [0.1, 0.15) is 97.6 Å². The smallest absolute Gasteiger partial charge is 0.419 e. The monoisotopic (exact) mass is 767 g/mol. The summed E-state index contributed by atoms with van der Waals surface area (Å²) in [4.78, 5) is 29.2. The van der Waals surface area contributed by atoms with Crippen molar-refractivity contribution in [2.24, 2.45) is 5.41 Å². The number of hydrogen-bond acceptors (Lipinski definition) is 8. The maximum Gasteiger partial charge on any atom is 0.419 e. The van der Waals surface area contributed by atoms with Gasteiger partial charge in [0.05, 0.1) is 46.0 Å². The van der Waals surface area contributed by atoms with E-state index < -0.39 is 29.1 Å². The largest absolute Gasteiger partial charge is 0.444 e. The van der Waals surface area contributed by atoms with Crippen LogP contribution in [-0.2, 0) is 27.3 Å². The number of alkyl halides is 1. The zero-order chi connectivity index (χ0) is 38.9. The van der Waals surface area contributed by atoms with Crippen molar-refractivity contribution >= 4 is 48.7 Å². The van der Waals surface area contributed by atoms with Crippen LogP contribution in [0.25, 0.3) is 33.1 Å². The highest BCUT2D eigenvalue weighted by Gasteiger charge is 2.69. The zero-order valence-corrected chi connectivity index (χ0v) is 33.8. The van der Waals surface area contributed by atoms with Gasteiger partial charge in [0, 0.05) is 35.2 Å². The number of ether oxygens (including phenoxy) is 3. The summed E-state index contributed by atoms with van der Waals surface area (Å²) in [7, 11) is 0.595. The van der Waals surface area contributed by atoms with Gasteiger partial charge in [0.1, 0.15) is 22.6 Å². The number of aromatic nitrogens is 6. The molecule has 290 valence electrons. The van der Waals surface area contributed by atoms with Gasteiger partial charge in [0.2, 0.25) is 0 Å². The molecule has 1 unspecified atom stereocenters. The summed E-state index contributed by atoms with van der Waals surface area (Å²) in [5, 5.41) is 16.9. The Morgan fingerprint density at radius 2 is 1.78 bits per heavy atom. The van der Waals surface area contributed by atoms with Gasteiger partial charge in [-0.15, -0.1) is 5.10 Å². The molecule has 55 heavy (non-hydrogen) atoms. The van der Waals surface area contributed by atoms with Crippen molar-refractivity contribution in [2.45, 2.75) is 123 Å². The van der Waals surface area contributed by atoms with Crippen LogP contribution in [-0.4, -0.2) is 86.0 Å². The van der Waals surface area contributed by atoms with Crippen molar-refractivity contribution < 1.29 is 28.2 Å². The molecule has 1 atom stereocenters. The summed E-state index contributed by atoms with van der Waals surface area (Å²) < 4.78 is 37.7. The third-order valence-electron chi connectivity index (χ3n) is 10.7. The number of carbonyl (C=O) groups excluding carboxylic acids is 2. The molecule has 0 N–H and O–H groups in total. The lowest BCUT2D eigenvalue weighted by Crippen LogP contribution is -2.68. The molecular weight excluding hydrogens is 718 g/mol. The van der Waals surface area contributed by atoms with Crippen molar-refractivity contribution in [3.63, 3.8) is 0 Å².